The third-order valence-corrected chi connectivity index (χ3v) is 9.27. The highest BCUT2D eigenvalue weighted by molar-refractivity contribution is 5.83. The zero-order valence-electron chi connectivity index (χ0n) is 21.4. The third kappa shape index (κ3) is 4.89. The fourth-order valence-electron chi connectivity index (χ4n) is 7.14. The van der Waals surface area contributed by atoms with Crippen LogP contribution in [0.2, 0.25) is 0 Å². The maximum atomic E-state index is 15.3. The maximum Gasteiger partial charge on any atom is 0.132 e. The topological polar surface area (TPSA) is 57.2 Å². The molecule has 5 aliphatic rings. The summed E-state index contributed by atoms with van der Waals surface area (Å²) >= 11 is 0. The van der Waals surface area contributed by atoms with E-state index >= 15 is 4.39 Å². The van der Waals surface area contributed by atoms with Crippen molar-refractivity contribution in [2.75, 3.05) is 19.6 Å². The van der Waals surface area contributed by atoms with E-state index in [9.17, 15) is 0 Å². The van der Waals surface area contributed by atoms with Crippen molar-refractivity contribution < 1.29 is 4.39 Å². The molecule has 0 bridgehead atoms. The van der Waals surface area contributed by atoms with Crippen molar-refractivity contribution in [3.63, 3.8) is 0 Å². The predicted octanol–water partition coefficient (Wildman–Crippen LogP) is 5.38. The number of likely N-dealkylation sites (tertiary alicyclic amines) is 2. The van der Waals surface area contributed by atoms with Crippen LogP contribution in [-0.4, -0.2) is 54.1 Å². The molecule has 192 valence electrons. The van der Waals surface area contributed by atoms with Crippen LogP contribution < -0.4 is 5.73 Å². The van der Waals surface area contributed by atoms with Crippen LogP contribution in [0, 0.1) is 23.6 Å². The lowest BCUT2D eigenvalue weighted by Crippen LogP contribution is -2.45. The SMILES string of the molecule is C=NN=C(N)C1CC=CCC1CCc1ccc(F)c(C(=C2CC2)N2CCC3C(CCN3C3CC3)C2)c1. The molecule has 4 atom stereocenters. The molecule has 2 saturated heterocycles. The number of rotatable bonds is 8. The third-order valence-electron chi connectivity index (χ3n) is 9.27. The Hall–Kier alpha value is -2.47. The zero-order valence-corrected chi connectivity index (χ0v) is 21.4. The predicted molar refractivity (Wildman–Crippen MR) is 145 cm³/mol. The van der Waals surface area contributed by atoms with E-state index < -0.39 is 0 Å². The summed E-state index contributed by atoms with van der Waals surface area (Å²) < 4.78 is 15.3. The molecular weight excluding hydrogens is 449 g/mol. The van der Waals surface area contributed by atoms with Gasteiger partial charge in [0.05, 0.1) is 0 Å². The molecule has 0 spiro atoms. The average molecular weight is 490 g/mol. The first-order valence-corrected chi connectivity index (χ1v) is 14.1. The van der Waals surface area contributed by atoms with Crippen LogP contribution in [0.15, 0.2) is 46.1 Å². The van der Waals surface area contributed by atoms with Gasteiger partial charge in [-0.3, -0.25) is 4.90 Å². The van der Waals surface area contributed by atoms with E-state index in [4.69, 9.17) is 5.73 Å². The second-order valence-electron chi connectivity index (χ2n) is 11.6. The summed E-state index contributed by atoms with van der Waals surface area (Å²) in [6.45, 7) is 6.86. The van der Waals surface area contributed by atoms with E-state index in [1.54, 1.807) is 6.07 Å². The maximum absolute atomic E-state index is 15.3. The van der Waals surface area contributed by atoms with Crippen molar-refractivity contribution >= 4 is 18.3 Å². The Balaban J connectivity index is 1.17. The van der Waals surface area contributed by atoms with Gasteiger partial charge < -0.3 is 10.6 Å². The number of piperidine rings is 1. The van der Waals surface area contributed by atoms with Gasteiger partial charge in [-0.1, -0.05) is 18.2 Å². The Morgan fingerprint density at radius 3 is 2.69 bits per heavy atom. The summed E-state index contributed by atoms with van der Waals surface area (Å²) in [4.78, 5) is 5.34. The van der Waals surface area contributed by atoms with E-state index in [1.165, 1.54) is 49.1 Å². The molecule has 0 aromatic heterocycles. The van der Waals surface area contributed by atoms with Crippen LogP contribution in [0.1, 0.15) is 68.9 Å². The van der Waals surface area contributed by atoms with Crippen LogP contribution >= 0.6 is 0 Å². The molecule has 0 amide bonds. The molecule has 2 N–H and O–H groups in total. The number of aryl methyl sites for hydroxylation is 1. The number of benzene rings is 1. The van der Waals surface area contributed by atoms with Crippen molar-refractivity contribution in [1.29, 1.82) is 0 Å². The number of fused-ring (bicyclic) bond motifs is 1. The largest absolute Gasteiger partial charge is 0.385 e. The van der Waals surface area contributed by atoms with E-state index in [0.717, 1.165) is 75.2 Å². The molecule has 2 saturated carbocycles. The monoisotopic (exact) mass is 489 g/mol. The molecular formula is C30H40FN5. The minimum atomic E-state index is -0.0757. The van der Waals surface area contributed by atoms with Crippen LogP contribution in [0.25, 0.3) is 5.70 Å². The van der Waals surface area contributed by atoms with Gasteiger partial charge in [-0.25, -0.2) is 4.39 Å². The lowest BCUT2D eigenvalue weighted by atomic mass is 9.79. The second kappa shape index (κ2) is 10.1. The first-order valence-electron chi connectivity index (χ1n) is 14.1. The molecule has 1 aromatic rings. The Kier molecular flexibility index (Phi) is 6.72. The number of halogens is 1. The van der Waals surface area contributed by atoms with Crippen molar-refractivity contribution in [2.24, 2.45) is 33.7 Å². The molecule has 2 aliphatic heterocycles. The molecule has 6 heteroatoms. The van der Waals surface area contributed by atoms with Crippen molar-refractivity contribution in [1.82, 2.24) is 9.80 Å². The first-order chi connectivity index (χ1) is 17.6. The number of hydrogen-bond acceptors (Lipinski definition) is 4. The van der Waals surface area contributed by atoms with Gasteiger partial charge in [-0.2, -0.15) is 5.10 Å². The molecule has 0 radical (unpaired) electrons. The molecule has 4 fully saturated rings. The molecule has 3 aliphatic carbocycles. The Bertz CT molecular complexity index is 1080. The average Bonchev–Trinajstić information content (AvgIpc) is 3.83. The molecule has 4 unspecified atom stereocenters. The minimum absolute atomic E-state index is 0.0757. The fraction of sp³-hybridized carbons (Fsp3) is 0.600. The summed E-state index contributed by atoms with van der Waals surface area (Å²) in [5, 5.41) is 7.67. The summed E-state index contributed by atoms with van der Waals surface area (Å²) in [5.74, 6) is 1.86. The van der Waals surface area contributed by atoms with Gasteiger partial charge in [0, 0.05) is 49.1 Å². The normalized spacial score (nSPS) is 30.4. The summed E-state index contributed by atoms with van der Waals surface area (Å²) in [6, 6.07) is 7.42. The number of allylic oxidation sites excluding steroid dienone is 3. The van der Waals surface area contributed by atoms with Crippen molar-refractivity contribution in [3.8, 4) is 0 Å². The molecule has 36 heavy (non-hydrogen) atoms. The number of amidine groups is 1. The Morgan fingerprint density at radius 1 is 1.08 bits per heavy atom. The number of nitrogens with two attached hydrogens (primary N) is 1. The van der Waals surface area contributed by atoms with Gasteiger partial charge in [0.1, 0.15) is 11.7 Å². The smallest absolute Gasteiger partial charge is 0.132 e. The van der Waals surface area contributed by atoms with Crippen LogP contribution in [-0.2, 0) is 6.42 Å². The summed E-state index contributed by atoms with van der Waals surface area (Å²) in [6.07, 6.45) is 15.8. The summed E-state index contributed by atoms with van der Waals surface area (Å²) in [5.41, 5.74) is 10.9. The van der Waals surface area contributed by atoms with Crippen LogP contribution in [0.3, 0.4) is 0 Å². The van der Waals surface area contributed by atoms with E-state index in [1.807, 2.05) is 6.07 Å². The molecule has 5 nitrogen and oxygen atoms in total. The second-order valence-corrected chi connectivity index (χ2v) is 11.6. The van der Waals surface area contributed by atoms with Gasteiger partial charge in [0.15, 0.2) is 0 Å². The lowest BCUT2D eigenvalue weighted by molar-refractivity contribution is 0.140. The highest BCUT2D eigenvalue weighted by atomic mass is 19.1. The molecule has 2 heterocycles. The van der Waals surface area contributed by atoms with Gasteiger partial charge >= 0.3 is 0 Å². The Labute approximate surface area is 215 Å². The van der Waals surface area contributed by atoms with E-state index in [2.05, 4.69) is 44.9 Å². The molecule has 1 aromatic carbocycles. The molecule has 6 rings (SSSR count). The quantitative estimate of drug-likeness (QED) is 0.231. The number of nitrogens with zero attached hydrogens (tertiary/aromatic N) is 4. The fourth-order valence-corrected chi connectivity index (χ4v) is 7.14. The van der Waals surface area contributed by atoms with Crippen LogP contribution in [0.5, 0.6) is 0 Å². The van der Waals surface area contributed by atoms with E-state index in [-0.39, 0.29) is 11.7 Å². The first kappa shape index (κ1) is 23.9. The zero-order chi connectivity index (χ0) is 24.6. The van der Waals surface area contributed by atoms with Gasteiger partial charge in [-0.05, 0) is 106 Å². The summed E-state index contributed by atoms with van der Waals surface area (Å²) in [7, 11) is 0. The lowest BCUT2D eigenvalue weighted by Gasteiger charge is -2.40. The highest BCUT2D eigenvalue weighted by Crippen LogP contribution is 2.44. The minimum Gasteiger partial charge on any atom is -0.385 e. The van der Waals surface area contributed by atoms with E-state index in [0.29, 0.717) is 11.8 Å². The van der Waals surface area contributed by atoms with Crippen molar-refractivity contribution in [2.45, 2.75) is 76.3 Å². The Morgan fingerprint density at radius 2 is 1.92 bits per heavy atom. The number of hydrogen-bond donors (Lipinski definition) is 1. The highest BCUT2D eigenvalue weighted by Gasteiger charge is 2.45. The van der Waals surface area contributed by atoms with Gasteiger partial charge in [-0.15, -0.1) is 5.10 Å². The van der Waals surface area contributed by atoms with Gasteiger partial charge in [0.25, 0.3) is 0 Å². The van der Waals surface area contributed by atoms with Crippen molar-refractivity contribution in [3.05, 3.63) is 52.9 Å². The standard InChI is InChI=1S/C30H40FN5/c1-33-34-30(32)25-5-3-2-4-21(25)8-6-20-7-13-27(31)26(18-20)29(22-9-10-22)35-16-15-28-23(19-35)14-17-36(28)24-11-12-24/h2-3,7,13,18,21,23-25,28H,1,4-6,8-12,14-17,19H2,(H2,32,34). The van der Waals surface area contributed by atoms with Crippen LogP contribution in [0.4, 0.5) is 4.39 Å². The van der Waals surface area contributed by atoms with Gasteiger partial charge in [0.2, 0.25) is 0 Å².